The minimum Gasteiger partial charge on any atom is -0.302 e. The maximum atomic E-state index is 11.7. The summed E-state index contributed by atoms with van der Waals surface area (Å²) in [5.74, 6) is 0.140. The number of piperidine rings is 1. The zero-order valence-electron chi connectivity index (χ0n) is 10.7. The van der Waals surface area contributed by atoms with E-state index in [1.165, 1.54) is 19.3 Å². The number of hydrogen-bond donors (Lipinski definition) is 1. The highest BCUT2D eigenvalue weighted by Gasteiger charge is 2.17. The van der Waals surface area contributed by atoms with Crippen LogP contribution in [0.1, 0.15) is 32.6 Å². The van der Waals surface area contributed by atoms with Crippen molar-refractivity contribution in [2.75, 3.05) is 25.4 Å². The summed E-state index contributed by atoms with van der Waals surface area (Å²) >= 11 is 0. The lowest BCUT2D eigenvalue weighted by molar-refractivity contribution is 0.215. The Bertz CT molecular complexity index is 321. The van der Waals surface area contributed by atoms with Crippen LogP contribution >= 0.6 is 0 Å². The molecular weight excluding hydrogens is 236 g/mol. The molecule has 0 amide bonds. The molecule has 0 aromatic carbocycles. The summed E-state index contributed by atoms with van der Waals surface area (Å²) in [6, 6.07) is -0.0112. The zero-order chi connectivity index (χ0) is 12.7. The standard InChI is InChI=1S/C12H24N2O2S/c1-3-4-10-17(15,16)13-12(2)11-14-8-6-5-7-9-14/h3,12-13H,1,4-11H2,2H3/t12-/m1/s1. The molecule has 1 rings (SSSR count). The SMILES string of the molecule is C=CCCS(=O)(=O)N[C@H](C)CN1CCCCC1. The van der Waals surface area contributed by atoms with E-state index in [0.717, 1.165) is 19.6 Å². The van der Waals surface area contributed by atoms with E-state index in [2.05, 4.69) is 16.2 Å². The van der Waals surface area contributed by atoms with Crippen molar-refractivity contribution in [2.24, 2.45) is 0 Å². The lowest BCUT2D eigenvalue weighted by atomic mass is 10.1. The van der Waals surface area contributed by atoms with E-state index in [4.69, 9.17) is 0 Å². The Morgan fingerprint density at radius 1 is 1.35 bits per heavy atom. The van der Waals surface area contributed by atoms with Crippen LogP contribution in [-0.2, 0) is 10.0 Å². The van der Waals surface area contributed by atoms with Crippen molar-refractivity contribution in [3.05, 3.63) is 12.7 Å². The maximum absolute atomic E-state index is 11.7. The molecule has 5 heteroatoms. The first-order chi connectivity index (χ1) is 8.03. The fourth-order valence-corrected chi connectivity index (χ4v) is 3.45. The van der Waals surface area contributed by atoms with E-state index in [1.807, 2.05) is 6.92 Å². The van der Waals surface area contributed by atoms with Crippen LogP contribution in [0.25, 0.3) is 0 Å². The predicted octanol–water partition coefficient (Wildman–Crippen LogP) is 1.36. The molecule has 0 unspecified atom stereocenters. The fraction of sp³-hybridized carbons (Fsp3) is 0.833. The third-order valence-corrected chi connectivity index (χ3v) is 4.49. The van der Waals surface area contributed by atoms with E-state index < -0.39 is 10.0 Å². The molecule has 1 atom stereocenters. The smallest absolute Gasteiger partial charge is 0.212 e. The summed E-state index contributed by atoms with van der Waals surface area (Å²) < 4.78 is 26.0. The molecule has 0 aromatic heterocycles. The zero-order valence-corrected chi connectivity index (χ0v) is 11.5. The second-order valence-electron chi connectivity index (χ2n) is 4.78. The number of sulfonamides is 1. The van der Waals surface area contributed by atoms with E-state index in [-0.39, 0.29) is 11.8 Å². The Morgan fingerprint density at radius 2 is 2.00 bits per heavy atom. The van der Waals surface area contributed by atoms with Crippen molar-refractivity contribution < 1.29 is 8.42 Å². The largest absolute Gasteiger partial charge is 0.302 e. The first-order valence-corrected chi connectivity index (χ1v) is 8.02. The Labute approximate surface area is 105 Å². The summed E-state index contributed by atoms with van der Waals surface area (Å²) in [4.78, 5) is 2.34. The fourth-order valence-electron chi connectivity index (χ4n) is 2.17. The number of likely N-dealkylation sites (tertiary alicyclic amines) is 1. The molecule has 0 aromatic rings. The van der Waals surface area contributed by atoms with E-state index in [1.54, 1.807) is 6.08 Å². The molecule has 0 spiro atoms. The third-order valence-electron chi connectivity index (χ3n) is 2.95. The summed E-state index contributed by atoms with van der Waals surface area (Å²) in [7, 11) is -3.14. The summed E-state index contributed by atoms with van der Waals surface area (Å²) in [6.45, 7) is 8.47. The van der Waals surface area contributed by atoms with Crippen molar-refractivity contribution >= 4 is 10.0 Å². The molecule has 0 aliphatic carbocycles. The van der Waals surface area contributed by atoms with Gasteiger partial charge < -0.3 is 4.90 Å². The lowest BCUT2D eigenvalue weighted by Gasteiger charge is -2.29. The molecule has 4 nitrogen and oxygen atoms in total. The Balaban J connectivity index is 2.32. The molecule has 0 bridgehead atoms. The van der Waals surface area contributed by atoms with Crippen LogP contribution in [0.5, 0.6) is 0 Å². The van der Waals surface area contributed by atoms with Crippen LogP contribution in [0, 0.1) is 0 Å². The van der Waals surface area contributed by atoms with Crippen LogP contribution in [-0.4, -0.2) is 44.7 Å². The second kappa shape index (κ2) is 7.13. The van der Waals surface area contributed by atoms with Gasteiger partial charge in [-0.3, -0.25) is 0 Å². The second-order valence-corrected chi connectivity index (χ2v) is 6.65. The van der Waals surface area contributed by atoms with Gasteiger partial charge in [-0.2, -0.15) is 0 Å². The number of hydrogen-bond acceptors (Lipinski definition) is 3. The monoisotopic (exact) mass is 260 g/mol. The van der Waals surface area contributed by atoms with Gasteiger partial charge >= 0.3 is 0 Å². The van der Waals surface area contributed by atoms with Crippen LogP contribution in [0.3, 0.4) is 0 Å². The molecule has 1 fully saturated rings. The van der Waals surface area contributed by atoms with Crippen molar-refractivity contribution in [2.45, 2.75) is 38.6 Å². The van der Waals surface area contributed by atoms with Crippen molar-refractivity contribution in [3.8, 4) is 0 Å². The van der Waals surface area contributed by atoms with Gasteiger partial charge in [-0.05, 0) is 39.3 Å². The molecule has 1 N–H and O–H groups in total. The van der Waals surface area contributed by atoms with Gasteiger partial charge in [0.05, 0.1) is 5.75 Å². The van der Waals surface area contributed by atoms with Gasteiger partial charge in [0.15, 0.2) is 0 Å². The van der Waals surface area contributed by atoms with E-state index in [0.29, 0.717) is 6.42 Å². The van der Waals surface area contributed by atoms with Crippen LogP contribution in [0.15, 0.2) is 12.7 Å². The first kappa shape index (κ1) is 14.7. The quantitative estimate of drug-likeness (QED) is 0.703. The van der Waals surface area contributed by atoms with Gasteiger partial charge in [-0.15, -0.1) is 6.58 Å². The lowest BCUT2D eigenvalue weighted by Crippen LogP contribution is -2.44. The molecule has 17 heavy (non-hydrogen) atoms. The molecule has 1 aliphatic heterocycles. The van der Waals surface area contributed by atoms with Crippen LogP contribution in [0.2, 0.25) is 0 Å². The molecule has 1 saturated heterocycles. The number of rotatable bonds is 7. The number of allylic oxidation sites excluding steroid dienone is 1. The molecule has 1 heterocycles. The average Bonchev–Trinajstić information content (AvgIpc) is 2.27. The average molecular weight is 260 g/mol. The summed E-state index contributed by atoms with van der Waals surface area (Å²) in [6.07, 6.45) is 5.90. The van der Waals surface area contributed by atoms with Crippen molar-refractivity contribution in [1.29, 1.82) is 0 Å². The normalized spacial score (nSPS) is 20.1. The minimum absolute atomic E-state index is 0.0112. The molecule has 1 aliphatic rings. The molecular formula is C12H24N2O2S. The third kappa shape index (κ3) is 6.19. The van der Waals surface area contributed by atoms with Crippen molar-refractivity contribution in [1.82, 2.24) is 9.62 Å². The van der Waals surface area contributed by atoms with Gasteiger partial charge in [-0.1, -0.05) is 12.5 Å². The highest BCUT2D eigenvalue weighted by atomic mass is 32.2. The van der Waals surface area contributed by atoms with E-state index in [9.17, 15) is 8.42 Å². The Hall–Kier alpha value is -0.390. The van der Waals surface area contributed by atoms with Gasteiger partial charge in [0.1, 0.15) is 0 Å². The van der Waals surface area contributed by atoms with Gasteiger partial charge in [0.25, 0.3) is 0 Å². The number of nitrogens with one attached hydrogen (secondary N) is 1. The molecule has 100 valence electrons. The van der Waals surface area contributed by atoms with Crippen molar-refractivity contribution in [3.63, 3.8) is 0 Å². The Kier molecular flexibility index (Phi) is 6.16. The predicted molar refractivity (Wildman–Crippen MR) is 71.5 cm³/mol. The summed E-state index contributed by atoms with van der Waals surface area (Å²) in [5, 5.41) is 0. The topological polar surface area (TPSA) is 49.4 Å². The van der Waals surface area contributed by atoms with E-state index >= 15 is 0 Å². The maximum Gasteiger partial charge on any atom is 0.212 e. The Morgan fingerprint density at radius 3 is 2.59 bits per heavy atom. The minimum atomic E-state index is -3.14. The highest BCUT2D eigenvalue weighted by molar-refractivity contribution is 7.89. The molecule has 0 saturated carbocycles. The van der Waals surface area contributed by atoms with Gasteiger partial charge in [-0.25, -0.2) is 13.1 Å². The number of nitrogens with zero attached hydrogens (tertiary/aromatic N) is 1. The van der Waals surface area contributed by atoms with Gasteiger partial charge in [0.2, 0.25) is 10.0 Å². The van der Waals surface area contributed by atoms with Gasteiger partial charge in [0, 0.05) is 12.6 Å². The highest BCUT2D eigenvalue weighted by Crippen LogP contribution is 2.09. The summed E-state index contributed by atoms with van der Waals surface area (Å²) in [5.41, 5.74) is 0. The van der Waals surface area contributed by atoms with Crippen LogP contribution in [0.4, 0.5) is 0 Å². The van der Waals surface area contributed by atoms with Crippen LogP contribution < -0.4 is 4.72 Å². The first-order valence-electron chi connectivity index (χ1n) is 6.37. The molecule has 0 radical (unpaired) electrons.